The van der Waals surface area contributed by atoms with Crippen molar-refractivity contribution < 1.29 is 0 Å². The van der Waals surface area contributed by atoms with Gasteiger partial charge < -0.3 is 9.88 Å². The second-order valence-corrected chi connectivity index (χ2v) is 5.09. The number of hydrogen-bond donors (Lipinski definition) is 1. The summed E-state index contributed by atoms with van der Waals surface area (Å²) < 4.78 is 2.35. The molecule has 0 amide bonds. The van der Waals surface area contributed by atoms with Crippen LogP contribution in [0.5, 0.6) is 0 Å². The molecule has 3 rings (SSSR count). The fourth-order valence-corrected chi connectivity index (χ4v) is 2.65. The molecule has 104 valence electrons. The number of nitrogens with zero attached hydrogens (tertiary/aromatic N) is 3. The SMILES string of the molecule is O=Nc1ccc(NCCc2cnc3n2CCCC3)cc1. The maximum Gasteiger partial charge on any atom is 0.108 e. The van der Waals surface area contributed by atoms with Crippen LogP contribution in [0.2, 0.25) is 0 Å². The summed E-state index contributed by atoms with van der Waals surface area (Å²) in [6, 6.07) is 7.19. The summed E-state index contributed by atoms with van der Waals surface area (Å²) in [6.07, 6.45) is 6.58. The summed E-state index contributed by atoms with van der Waals surface area (Å²) in [7, 11) is 0. The third-order valence-electron chi connectivity index (χ3n) is 3.74. The number of benzene rings is 1. The molecule has 0 atom stereocenters. The van der Waals surface area contributed by atoms with Crippen molar-refractivity contribution in [2.45, 2.75) is 32.2 Å². The molecule has 0 saturated carbocycles. The summed E-state index contributed by atoms with van der Waals surface area (Å²) >= 11 is 0. The fourth-order valence-electron chi connectivity index (χ4n) is 2.65. The predicted octanol–water partition coefficient (Wildman–Crippen LogP) is 3.27. The van der Waals surface area contributed by atoms with E-state index in [0.29, 0.717) is 5.69 Å². The molecule has 1 aromatic carbocycles. The number of aromatic nitrogens is 2. The van der Waals surface area contributed by atoms with Crippen LogP contribution in [0.15, 0.2) is 35.6 Å². The minimum Gasteiger partial charge on any atom is -0.385 e. The van der Waals surface area contributed by atoms with Gasteiger partial charge in [-0.15, -0.1) is 4.91 Å². The standard InChI is InChI=1S/C15H18N4O/c20-18-13-6-4-12(5-7-13)16-9-8-14-11-17-15-3-1-2-10-19(14)15/h4-7,11,16H,1-3,8-10H2. The maximum absolute atomic E-state index is 10.3. The Kier molecular flexibility index (Phi) is 3.76. The van der Waals surface area contributed by atoms with E-state index in [0.717, 1.165) is 31.6 Å². The molecule has 2 heterocycles. The van der Waals surface area contributed by atoms with Gasteiger partial charge in [-0.05, 0) is 42.3 Å². The molecule has 0 bridgehead atoms. The summed E-state index contributed by atoms with van der Waals surface area (Å²) in [5, 5.41) is 6.25. The van der Waals surface area contributed by atoms with Crippen molar-refractivity contribution in [3.8, 4) is 0 Å². The molecule has 2 aromatic rings. The Balaban J connectivity index is 1.57. The molecule has 1 aliphatic heterocycles. The van der Waals surface area contributed by atoms with Gasteiger partial charge in [0.15, 0.2) is 0 Å². The molecule has 0 saturated heterocycles. The first-order valence-electron chi connectivity index (χ1n) is 7.07. The Labute approximate surface area is 118 Å². The minimum absolute atomic E-state index is 0.459. The number of nitrogens with one attached hydrogen (secondary N) is 1. The molecule has 0 radical (unpaired) electrons. The van der Waals surface area contributed by atoms with Crippen molar-refractivity contribution in [1.29, 1.82) is 0 Å². The molecule has 1 aliphatic rings. The highest BCUT2D eigenvalue weighted by atomic mass is 16.3. The number of nitroso groups, excluding NO2 is 1. The highest BCUT2D eigenvalue weighted by molar-refractivity contribution is 5.50. The molecule has 0 fully saturated rings. The molecule has 1 N–H and O–H groups in total. The molecular formula is C15H18N4O. The van der Waals surface area contributed by atoms with E-state index in [9.17, 15) is 4.91 Å². The first-order chi connectivity index (χ1) is 9.86. The van der Waals surface area contributed by atoms with Gasteiger partial charge in [0.2, 0.25) is 0 Å². The van der Waals surface area contributed by atoms with Crippen LogP contribution in [-0.4, -0.2) is 16.1 Å². The Bertz CT molecular complexity index is 588. The Morgan fingerprint density at radius 1 is 1.25 bits per heavy atom. The van der Waals surface area contributed by atoms with Crippen LogP contribution in [0.3, 0.4) is 0 Å². The fraction of sp³-hybridized carbons (Fsp3) is 0.400. The summed E-state index contributed by atoms with van der Waals surface area (Å²) in [6.45, 7) is 1.96. The van der Waals surface area contributed by atoms with Crippen LogP contribution < -0.4 is 5.32 Å². The van der Waals surface area contributed by atoms with Crippen LogP contribution in [-0.2, 0) is 19.4 Å². The van der Waals surface area contributed by atoms with E-state index in [4.69, 9.17) is 0 Å². The van der Waals surface area contributed by atoms with E-state index in [-0.39, 0.29) is 0 Å². The zero-order valence-corrected chi connectivity index (χ0v) is 11.4. The van der Waals surface area contributed by atoms with E-state index < -0.39 is 0 Å². The lowest BCUT2D eigenvalue weighted by Crippen LogP contribution is -2.15. The van der Waals surface area contributed by atoms with Gasteiger partial charge in [-0.2, -0.15) is 0 Å². The molecule has 5 heteroatoms. The monoisotopic (exact) mass is 270 g/mol. The third-order valence-corrected chi connectivity index (χ3v) is 3.74. The van der Waals surface area contributed by atoms with E-state index in [1.807, 2.05) is 18.3 Å². The maximum atomic E-state index is 10.3. The van der Waals surface area contributed by atoms with Crippen LogP contribution in [0.4, 0.5) is 11.4 Å². The zero-order chi connectivity index (χ0) is 13.8. The van der Waals surface area contributed by atoms with Crippen LogP contribution in [0, 0.1) is 4.91 Å². The minimum atomic E-state index is 0.459. The lowest BCUT2D eigenvalue weighted by Gasteiger charge is -2.16. The van der Waals surface area contributed by atoms with Gasteiger partial charge in [-0.25, -0.2) is 4.98 Å². The second kappa shape index (κ2) is 5.86. The summed E-state index contributed by atoms with van der Waals surface area (Å²) in [5.74, 6) is 1.23. The summed E-state index contributed by atoms with van der Waals surface area (Å²) in [5.41, 5.74) is 2.77. The number of aryl methyl sites for hydroxylation is 1. The molecule has 20 heavy (non-hydrogen) atoms. The average Bonchev–Trinajstić information content (AvgIpc) is 2.92. The Hall–Kier alpha value is -2.17. The zero-order valence-electron chi connectivity index (χ0n) is 11.4. The molecular weight excluding hydrogens is 252 g/mol. The van der Waals surface area contributed by atoms with Crippen LogP contribution in [0.1, 0.15) is 24.4 Å². The van der Waals surface area contributed by atoms with Crippen molar-refractivity contribution >= 4 is 11.4 Å². The molecule has 0 aliphatic carbocycles. The number of fused-ring (bicyclic) bond motifs is 1. The first-order valence-corrected chi connectivity index (χ1v) is 7.07. The normalized spacial score (nSPS) is 13.8. The topological polar surface area (TPSA) is 59.3 Å². The lowest BCUT2D eigenvalue weighted by atomic mass is 10.1. The van der Waals surface area contributed by atoms with Crippen molar-refractivity contribution in [2.75, 3.05) is 11.9 Å². The highest BCUT2D eigenvalue weighted by Gasteiger charge is 2.13. The number of anilines is 1. The van der Waals surface area contributed by atoms with Gasteiger partial charge in [0.1, 0.15) is 11.5 Å². The average molecular weight is 270 g/mol. The lowest BCUT2D eigenvalue weighted by molar-refractivity contribution is 0.509. The molecule has 1 aromatic heterocycles. The van der Waals surface area contributed by atoms with Crippen molar-refractivity contribution in [3.63, 3.8) is 0 Å². The van der Waals surface area contributed by atoms with Crippen molar-refractivity contribution in [1.82, 2.24) is 9.55 Å². The van der Waals surface area contributed by atoms with Gasteiger partial charge in [-0.1, -0.05) is 0 Å². The summed E-state index contributed by atoms with van der Waals surface area (Å²) in [4.78, 5) is 14.8. The quantitative estimate of drug-likeness (QED) is 0.848. The van der Waals surface area contributed by atoms with Crippen molar-refractivity contribution in [3.05, 3.63) is 46.9 Å². The highest BCUT2D eigenvalue weighted by Crippen LogP contribution is 2.18. The predicted molar refractivity (Wildman–Crippen MR) is 79.3 cm³/mol. The van der Waals surface area contributed by atoms with E-state index >= 15 is 0 Å². The van der Waals surface area contributed by atoms with Gasteiger partial charge in [-0.3, -0.25) is 0 Å². The molecule has 0 unspecified atom stereocenters. The smallest absolute Gasteiger partial charge is 0.108 e. The molecule has 5 nitrogen and oxygen atoms in total. The van der Waals surface area contributed by atoms with E-state index in [1.165, 1.54) is 24.4 Å². The number of imidazole rings is 1. The van der Waals surface area contributed by atoms with E-state index in [1.54, 1.807) is 12.1 Å². The Morgan fingerprint density at radius 3 is 2.90 bits per heavy atom. The molecule has 0 spiro atoms. The first kappa shape index (κ1) is 12.8. The third kappa shape index (κ3) is 2.71. The van der Waals surface area contributed by atoms with Gasteiger partial charge >= 0.3 is 0 Å². The van der Waals surface area contributed by atoms with Gasteiger partial charge in [0, 0.05) is 43.5 Å². The Morgan fingerprint density at radius 2 is 2.10 bits per heavy atom. The van der Waals surface area contributed by atoms with Gasteiger partial charge in [0.25, 0.3) is 0 Å². The van der Waals surface area contributed by atoms with Crippen LogP contribution in [0.25, 0.3) is 0 Å². The van der Waals surface area contributed by atoms with E-state index in [2.05, 4.69) is 20.0 Å². The second-order valence-electron chi connectivity index (χ2n) is 5.09. The van der Waals surface area contributed by atoms with Crippen LogP contribution >= 0.6 is 0 Å². The number of rotatable bonds is 5. The van der Waals surface area contributed by atoms with Crippen molar-refractivity contribution in [2.24, 2.45) is 5.18 Å². The van der Waals surface area contributed by atoms with Gasteiger partial charge in [0.05, 0.1) is 0 Å². The number of hydrogen-bond acceptors (Lipinski definition) is 4. The largest absolute Gasteiger partial charge is 0.385 e.